The summed E-state index contributed by atoms with van der Waals surface area (Å²) in [5, 5.41) is 3.52. The number of ether oxygens (including phenoxy) is 1. The minimum absolute atomic E-state index is 0.206. The van der Waals surface area contributed by atoms with Crippen molar-refractivity contribution in [2.24, 2.45) is 0 Å². The van der Waals surface area contributed by atoms with E-state index >= 15 is 0 Å². The second-order valence-corrected chi connectivity index (χ2v) is 6.00. The van der Waals surface area contributed by atoms with Gasteiger partial charge in [-0.1, -0.05) is 0 Å². The fraction of sp³-hybridized carbons (Fsp3) is 0.444. The SMILES string of the molecule is CCOC(=O)Cc1cncnc1N1CCC(Nc2cccnc2)CC1. The Kier molecular flexibility index (Phi) is 5.77. The van der Waals surface area contributed by atoms with Gasteiger partial charge in [0, 0.05) is 43.3 Å². The molecule has 3 heterocycles. The van der Waals surface area contributed by atoms with E-state index in [2.05, 4.69) is 25.2 Å². The van der Waals surface area contributed by atoms with E-state index in [1.165, 1.54) is 6.33 Å². The molecule has 2 aromatic rings. The Morgan fingerprint density at radius 2 is 2.16 bits per heavy atom. The lowest BCUT2D eigenvalue weighted by Crippen LogP contribution is -2.40. The number of rotatable bonds is 6. The highest BCUT2D eigenvalue weighted by atomic mass is 16.5. The van der Waals surface area contributed by atoms with Crippen molar-refractivity contribution >= 4 is 17.5 Å². The number of piperidine rings is 1. The lowest BCUT2D eigenvalue weighted by molar-refractivity contribution is -0.142. The van der Waals surface area contributed by atoms with Gasteiger partial charge in [-0.05, 0) is 31.9 Å². The largest absolute Gasteiger partial charge is 0.466 e. The van der Waals surface area contributed by atoms with Gasteiger partial charge in [-0.3, -0.25) is 9.78 Å². The van der Waals surface area contributed by atoms with Crippen LogP contribution in [0.2, 0.25) is 0 Å². The summed E-state index contributed by atoms with van der Waals surface area (Å²) in [4.78, 5) is 26.6. The number of esters is 1. The van der Waals surface area contributed by atoms with Crippen LogP contribution in [-0.2, 0) is 16.0 Å². The zero-order chi connectivity index (χ0) is 17.5. The van der Waals surface area contributed by atoms with Crippen LogP contribution in [0.4, 0.5) is 11.5 Å². The molecule has 1 aliphatic heterocycles. The molecule has 7 heteroatoms. The number of hydrogen-bond acceptors (Lipinski definition) is 7. The Labute approximate surface area is 147 Å². The third-order valence-electron chi connectivity index (χ3n) is 4.23. The van der Waals surface area contributed by atoms with Crippen molar-refractivity contribution in [3.8, 4) is 0 Å². The van der Waals surface area contributed by atoms with Gasteiger partial charge >= 0.3 is 5.97 Å². The van der Waals surface area contributed by atoms with Crippen molar-refractivity contribution in [2.45, 2.75) is 32.2 Å². The lowest BCUT2D eigenvalue weighted by atomic mass is 10.0. The maximum Gasteiger partial charge on any atom is 0.310 e. The van der Waals surface area contributed by atoms with Crippen LogP contribution in [0.15, 0.2) is 37.1 Å². The molecule has 0 aliphatic carbocycles. The molecule has 132 valence electrons. The molecule has 1 fully saturated rings. The van der Waals surface area contributed by atoms with Crippen molar-refractivity contribution in [2.75, 3.05) is 29.9 Å². The van der Waals surface area contributed by atoms with Crippen molar-refractivity contribution < 1.29 is 9.53 Å². The van der Waals surface area contributed by atoms with Gasteiger partial charge in [0.1, 0.15) is 12.1 Å². The van der Waals surface area contributed by atoms with Gasteiger partial charge in [0.25, 0.3) is 0 Å². The molecule has 7 nitrogen and oxygen atoms in total. The summed E-state index contributed by atoms with van der Waals surface area (Å²) in [7, 11) is 0. The van der Waals surface area contributed by atoms with Crippen LogP contribution in [0.3, 0.4) is 0 Å². The van der Waals surface area contributed by atoms with Gasteiger partial charge in [-0.15, -0.1) is 0 Å². The predicted octanol–water partition coefficient (Wildman–Crippen LogP) is 2.06. The summed E-state index contributed by atoms with van der Waals surface area (Å²) in [5.41, 5.74) is 1.87. The van der Waals surface area contributed by atoms with E-state index in [1.54, 1.807) is 19.3 Å². The van der Waals surface area contributed by atoms with Crippen molar-refractivity contribution in [1.29, 1.82) is 0 Å². The van der Waals surface area contributed by atoms with Gasteiger partial charge in [0.15, 0.2) is 0 Å². The van der Waals surface area contributed by atoms with Crippen LogP contribution in [-0.4, -0.2) is 46.7 Å². The summed E-state index contributed by atoms with van der Waals surface area (Å²) in [6.45, 7) is 3.95. The maximum atomic E-state index is 11.8. The second-order valence-electron chi connectivity index (χ2n) is 6.00. The first kappa shape index (κ1) is 17.1. The molecular weight excluding hydrogens is 318 g/mol. The number of nitrogens with one attached hydrogen (secondary N) is 1. The summed E-state index contributed by atoms with van der Waals surface area (Å²) in [5.74, 6) is 0.592. The average molecular weight is 341 g/mol. The summed E-state index contributed by atoms with van der Waals surface area (Å²) in [6.07, 6.45) is 9.05. The molecule has 0 aromatic carbocycles. The smallest absolute Gasteiger partial charge is 0.310 e. The van der Waals surface area contributed by atoms with Gasteiger partial charge in [0.05, 0.1) is 18.7 Å². The molecule has 3 rings (SSSR count). The number of carbonyl (C=O) groups is 1. The predicted molar refractivity (Wildman–Crippen MR) is 95.5 cm³/mol. The molecular formula is C18H23N5O2. The molecule has 0 spiro atoms. The van der Waals surface area contributed by atoms with Crippen LogP contribution in [0.1, 0.15) is 25.3 Å². The summed E-state index contributed by atoms with van der Waals surface area (Å²) >= 11 is 0. The maximum absolute atomic E-state index is 11.8. The molecule has 0 unspecified atom stereocenters. The zero-order valence-electron chi connectivity index (χ0n) is 14.4. The fourth-order valence-corrected chi connectivity index (χ4v) is 3.05. The van der Waals surface area contributed by atoms with E-state index in [0.29, 0.717) is 12.6 Å². The van der Waals surface area contributed by atoms with E-state index in [0.717, 1.165) is 43.0 Å². The molecule has 1 aliphatic rings. The van der Waals surface area contributed by atoms with E-state index < -0.39 is 0 Å². The third kappa shape index (κ3) is 4.65. The van der Waals surface area contributed by atoms with Crippen LogP contribution in [0, 0.1) is 0 Å². The Morgan fingerprint density at radius 3 is 2.88 bits per heavy atom. The number of carbonyl (C=O) groups excluding carboxylic acids is 1. The summed E-state index contributed by atoms with van der Waals surface area (Å²) in [6, 6.07) is 4.37. The highest BCUT2D eigenvalue weighted by molar-refractivity contribution is 5.74. The van der Waals surface area contributed by atoms with Gasteiger partial charge in [0.2, 0.25) is 0 Å². The monoisotopic (exact) mass is 341 g/mol. The Hall–Kier alpha value is -2.70. The molecule has 1 saturated heterocycles. The van der Waals surface area contributed by atoms with E-state index in [4.69, 9.17) is 4.74 Å². The topological polar surface area (TPSA) is 80.2 Å². The first-order valence-corrected chi connectivity index (χ1v) is 8.62. The molecule has 0 amide bonds. The minimum atomic E-state index is -0.244. The first-order chi connectivity index (χ1) is 12.3. The highest BCUT2D eigenvalue weighted by Gasteiger charge is 2.23. The second kappa shape index (κ2) is 8.41. The Bertz CT molecular complexity index is 687. The van der Waals surface area contributed by atoms with E-state index in [9.17, 15) is 4.79 Å². The zero-order valence-corrected chi connectivity index (χ0v) is 14.4. The molecule has 2 aromatic heterocycles. The molecule has 1 N–H and O–H groups in total. The fourth-order valence-electron chi connectivity index (χ4n) is 3.05. The molecule has 0 bridgehead atoms. The lowest BCUT2D eigenvalue weighted by Gasteiger charge is -2.34. The van der Waals surface area contributed by atoms with Crippen molar-refractivity contribution in [3.63, 3.8) is 0 Å². The average Bonchev–Trinajstić information content (AvgIpc) is 2.64. The third-order valence-corrected chi connectivity index (χ3v) is 4.23. The van der Waals surface area contributed by atoms with Gasteiger partial charge in [-0.2, -0.15) is 0 Å². The van der Waals surface area contributed by atoms with Crippen LogP contribution in [0.5, 0.6) is 0 Å². The van der Waals surface area contributed by atoms with E-state index in [1.807, 2.05) is 18.3 Å². The Balaban J connectivity index is 1.60. The number of nitrogens with zero attached hydrogens (tertiary/aromatic N) is 4. The van der Waals surface area contributed by atoms with Crippen molar-refractivity contribution in [1.82, 2.24) is 15.0 Å². The summed E-state index contributed by atoms with van der Waals surface area (Å²) < 4.78 is 5.04. The number of anilines is 2. The van der Waals surface area contributed by atoms with Crippen LogP contribution >= 0.6 is 0 Å². The van der Waals surface area contributed by atoms with Gasteiger partial charge < -0.3 is 15.0 Å². The standard InChI is InChI=1S/C18H23N5O2/c1-2-25-17(24)10-14-11-20-13-21-18(14)23-8-5-15(6-9-23)22-16-4-3-7-19-12-16/h3-4,7,11-13,15,22H,2,5-6,8-10H2,1H3. The minimum Gasteiger partial charge on any atom is -0.466 e. The molecule has 0 radical (unpaired) electrons. The van der Waals surface area contributed by atoms with E-state index in [-0.39, 0.29) is 12.4 Å². The quantitative estimate of drug-likeness (QED) is 0.806. The van der Waals surface area contributed by atoms with Crippen LogP contribution in [0.25, 0.3) is 0 Å². The molecule has 25 heavy (non-hydrogen) atoms. The van der Waals surface area contributed by atoms with Crippen LogP contribution < -0.4 is 10.2 Å². The van der Waals surface area contributed by atoms with Gasteiger partial charge in [-0.25, -0.2) is 9.97 Å². The Morgan fingerprint density at radius 1 is 1.32 bits per heavy atom. The number of hydrogen-bond donors (Lipinski definition) is 1. The number of aromatic nitrogens is 3. The normalized spacial score (nSPS) is 15.0. The van der Waals surface area contributed by atoms with Crippen molar-refractivity contribution in [3.05, 3.63) is 42.6 Å². The first-order valence-electron chi connectivity index (χ1n) is 8.62. The molecule has 0 saturated carbocycles. The highest BCUT2D eigenvalue weighted by Crippen LogP contribution is 2.23. The number of pyridine rings is 1. The molecule has 0 atom stereocenters.